The number of aliphatic hydroxyl groups is 1. The molecule has 3 N–H and O–H groups in total. The number of aromatic amines is 1. The second-order valence-corrected chi connectivity index (χ2v) is 4.79. The van der Waals surface area contributed by atoms with E-state index in [4.69, 9.17) is 4.74 Å². The highest BCUT2D eigenvalue weighted by Crippen LogP contribution is 2.12. The maximum Gasteiger partial charge on any atom is 0.267 e. The Balaban J connectivity index is 1.87. The molecule has 1 aromatic rings. The van der Waals surface area contributed by atoms with Gasteiger partial charge >= 0.3 is 0 Å². The van der Waals surface area contributed by atoms with Gasteiger partial charge in [0.2, 0.25) is 5.91 Å². The molecule has 110 valence electrons. The number of methoxy groups -OCH3 is 1. The number of hydrogen-bond acceptors (Lipinski definition) is 4. The predicted molar refractivity (Wildman–Crippen MR) is 71.1 cm³/mol. The fraction of sp³-hybridized carbons (Fsp3) is 0.538. The molecular formula is C13H19N3O4. The van der Waals surface area contributed by atoms with Crippen molar-refractivity contribution in [2.75, 3.05) is 26.8 Å². The predicted octanol–water partition coefficient (Wildman–Crippen LogP) is -0.647. The first-order valence-electron chi connectivity index (χ1n) is 6.51. The van der Waals surface area contributed by atoms with E-state index in [1.165, 1.54) is 7.11 Å². The molecule has 20 heavy (non-hydrogen) atoms. The second-order valence-electron chi connectivity index (χ2n) is 4.79. The van der Waals surface area contributed by atoms with E-state index in [1.807, 2.05) is 0 Å². The normalized spacial score (nSPS) is 22.6. The zero-order chi connectivity index (χ0) is 14.5. The van der Waals surface area contributed by atoms with Crippen molar-refractivity contribution in [3.8, 4) is 0 Å². The van der Waals surface area contributed by atoms with Crippen molar-refractivity contribution >= 4 is 11.8 Å². The number of rotatable bonds is 4. The Bertz CT molecular complexity index is 460. The Labute approximate surface area is 116 Å². The quantitative estimate of drug-likeness (QED) is 0.683. The molecule has 1 fully saturated rings. The van der Waals surface area contributed by atoms with Crippen LogP contribution in [-0.4, -0.2) is 65.8 Å². The van der Waals surface area contributed by atoms with E-state index in [1.54, 1.807) is 23.2 Å². The van der Waals surface area contributed by atoms with E-state index in [9.17, 15) is 14.7 Å². The first kappa shape index (κ1) is 14.5. The Hall–Kier alpha value is -1.86. The number of nitrogens with zero attached hydrogens (tertiary/aromatic N) is 1. The van der Waals surface area contributed by atoms with Crippen LogP contribution in [0.15, 0.2) is 18.3 Å². The van der Waals surface area contributed by atoms with Crippen molar-refractivity contribution in [1.29, 1.82) is 0 Å². The summed E-state index contributed by atoms with van der Waals surface area (Å²) in [5.74, 6) is -0.406. The molecule has 0 spiro atoms. The number of aliphatic hydroxyl groups excluding tert-OH is 1. The number of hydrogen-bond donors (Lipinski definition) is 3. The summed E-state index contributed by atoms with van der Waals surface area (Å²) in [4.78, 5) is 27.9. The summed E-state index contributed by atoms with van der Waals surface area (Å²) in [5, 5.41) is 12.8. The number of carbonyl (C=O) groups is 2. The lowest BCUT2D eigenvalue weighted by molar-refractivity contribution is -0.138. The van der Waals surface area contributed by atoms with E-state index in [2.05, 4.69) is 10.3 Å². The van der Waals surface area contributed by atoms with E-state index in [0.717, 1.165) is 0 Å². The molecule has 0 bridgehead atoms. The molecular weight excluding hydrogens is 262 g/mol. The van der Waals surface area contributed by atoms with Gasteiger partial charge in [-0.05, 0) is 18.6 Å². The summed E-state index contributed by atoms with van der Waals surface area (Å²) in [5.41, 5.74) is 0.454. The van der Waals surface area contributed by atoms with Crippen LogP contribution in [0, 0.1) is 0 Å². The lowest BCUT2D eigenvalue weighted by atomic mass is 10.0. The van der Waals surface area contributed by atoms with Gasteiger partial charge in [-0.1, -0.05) is 0 Å². The third kappa shape index (κ3) is 3.37. The smallest absolute Gasteiger partial charge is 0.267 e. The first-order chi connectivity index (χ1) is 9.61. The molecule has 0 unspecified atom stereocenters. The lowest BCUT2D eigenvalue weighted by Gasteiger charge is -2.36. The monoisotopic (exact) mass is 281 g/mol. The number of likely N-dealkylation sites (tertiary alicyclic amines) is 1. The largest absolute Gasteiger partial charge is 0.389 e. The van der Waals surface area contributed by atoms with E-state index < -0.39 is 6.10 Å². The van der Waals surface area contributed by atoms with Crippen LogP contribution in [0.25, 0.3) is 0 Å². The Morgan fingerprint density at radius 3 is 3.00 bits per heavy atom. The fourth-order valence-corrected chi connectivity index (χ4v) is 2.26. The number of piperidine rings is 1. The van der Waals surface area contributed by atoms with Gasteiger partial charge in [-0.25, -0.2) is 0 Å². The topological polar surface area (TPSA) is 94.7 Å². The Kier molecular flexibility index (Phi) is 4.75. The zero-order valence-corrected chi connectivity index (χ0v) is 11.3. The average Bonchev–Trinajstić information content (AvgIpc) is 2.95. The third-order valence-electron chi connectivity index (χ3n) is 3.36. The number of carbonyl (C=O) groups excluding carboxylic acids is 2. The van der Waals surface area contributed by atoms with Crippen LogP contribution in [-0.2, 0) is 9.53 Å². The summed E-state index contributed by atoms with van der Waals surface area (Å²) in [6.07, 6.45) is 1.41. The van der Waals surface area contributed by atoms with Crippen molar-refractivity contribution in [2.24, 2.45) is 0 Å². The highest BCUT2D eigenvalue weighted by molar-refractivity contribution is 5.92. The molecule has 1 saturated heterocycles. The van der Waals surface area contributed by atoms with Crippen molar-refractivity contribution in [2.45, 2.75) is 18.6 Å². The van der Waals surface area contributed by atoms with Gasteiger partial charge in [0.05, 0.1) is 12.1 Å². The molecule has 2 rings (SSSR count). The van der Waals surface area contributed by atoms with Crippen molar-refractivity contribution in [3.05, 3.63) is 24.0 Å². The molecule has 2 heterocycles. The molecule has 1 aliphatic rings. The molecule has 2 atom stereocenters. The summed E-state index contributed by atoms with van der Waals surface area (Å²) in [7, 11) is 1.46. The van der Waals surface area contributed by atoms with Gasteiger partial charge in [-0.3, -0.25) is 9.59 Å². The van der Waals surface area contributed by atoms with Gasteiger partial charge in [0, 0.05) is 26.4 Å². The van der Waals surface area contributed by atoms with E-state index >= 15 is 0 Å². The molecule has 0 radical (unpaired) electrons. The van der Waals surface area contributed by atoms with Crippen LogP contribution in [0.4, 0.5) is 0 Å². The summed E-state index contributed by atoms with van der Waals surface area (Å²) >= 11 is 0. The van der Waals surface area contributed by atoms with Gasteiger partial charge < -0.3 is 25.0 Å². The standard InChI is InChI=1S/C13H19N3O4/c1-20-8-12(18)16-6-4-9(11(17)7-16)15-13(19)10-3-2-5-14-10/h2-3,5,9,11,14,17H,4,6-8H2,1H3,(H,15,19)/t9-,11-/m1/s1. The summed E-state index contributed by atoms with van der Waals surface area (Å²) in [6, 6.07) is 3.05. The second kappa shape index (κ2) is 6.53. The molecule has 1 aromatic heterocycles. The van der Waals surface area contributed by atoms with Gasteiger partial charge in [-0.2, -0.15) is 0 Å². The minimum Gasteiger partial charge on any atom is -0.389 e. The maximum absolute atomic E-state index is 11.9. The Morgan fingerprint density at radius 2 is 2.40 bits per heavy atom. The van der Waals surface area contributed by atoms with Crippen molar-refractivity contribution in [1.82, 2.24) is 15.2 Å². The number of ether oxygens (including phenoxy) is 1. The van der Waals surface area contributed by atoms with Gasteiger partial charge in [0.1, 0.15) is 12.3 Å². The van der Waals surface area contributed by atoms with Crippen LogP contribution in [0.1, 0.15) is 16.9 Å². The molecule has 1 aliphatic heterocycles. The maximum atomic E-state index is 11.9. The minimum absolute atomic E-state index is 0.00617. The van der Waals surface area contributed by atoms with Crippen LogP contribution >= 0.6 is 0 Å². The zero-order valence-electron chi connectivity index (χ0n) is 11.3. The Morgan fingerprint density at radius 1 is 1.60 bits per heavy atom. The van der Waals surface area contributed by atoms with Crippen LogP contribution in [0.3, 0.4) is 0 Å². The number of β-amino-alcohol motifs (C(OH)–C–C–N with tert-alkyl or cyclic N) is 1. The van der Waals surface area contributed by atoms with Crippen LogP contribution in [0.5, 0.6) is 0 Å². The number of amides is 2. The van der Waals surface area contributed by atoms with Gasteiger partial charge in [0.15, 0.2) is 0 Å². The van der Waals surface area contributed by atoms with Crippen LogP contribution < -0.4 is 5.32 Å². The molecule has 0 aromatic carbocycles. The van der Waals surface area contributed by atoms with Crippen molar-refractivity contribution < 1.29 is 19.4 Å². The number of aromatic nitrogens is 1. The van der Waals surface area contributed by atoms with Crippen LogP contribution in [0.2, 0.25) is 0 Å². The lowest BCUT2D eigenvalue weighted by Crippen LogP contribution is -2.55. The van der Waals surface area contributed by atoms with E-state index in [0.29, 0.717) is 18.7 Å². The molecule has 0 saturated carbocycles. The first-order valence-corrected chi connectivity index (χ1v) is 6.51. The third-order valence-corrected chi connectivity index (χ3v) is 3.36. The van der Waals surface area contributed by atoms with Gasteiger partial charge in [0.25, 0.3) is 5.91 Å². The molecule has 7 heteroatoms. The minimum atomic E-state index is -0.775. The molecule has 2 amide bonds. The van der Waals surface area contributed by atoms with E-state index in [-0.39, 0.29) is 31.0 Å². The number of nitrogens with one attached hydrogen (secondary N) is 2. The SMILES string of the molecule is COCC(=O)N1CC[C@@H](NC(=O)c2ccc[nH]2)[C@H](O)C1. The molecule has 7 nitrogen and oxygen atoms in total. The number of H-pyrrole nitrogens is 1. The highest BCUT2D eigenvalue weighted by atomic mass is 16.5. The summed E-state index contributed by atoms with van der Waals surface area (Å²) < 4.78 is 4.79. The summed E-state index contributed by atoms with van der Waals surface area (Å²) in [6.45, 7) is 0.707. The highest BCUT2D eigenvalue weighted by Gasteiger charge is 2.31. The van der Waals surface area contributed by atoms with Gasteiger partial charge in [-0.15, -0.1) is 0 Å². The van der Waals surface area contributed by atoms with Crippen molar-refractivity contribution in [3.63, 3.8) is 0 Å². The molecule has 0 aliphatic carbocycles. The fourth-order valence-electron chi connectivity index (χ4n) is 2.26. The average molecular weight is 281 g/mol.